The van der Waals surface area contributed by atoms with Gasteiger partial charge in [0.05, 0.1) is 5.69 Å². The lowest BCUT2D eigenvalue weighted by atomic mass is 10.0. The van der Waals surface area contributed by atoms with Gasteiger partial charge in [0.2, 0.25) is 0 Å². The summed E-state index contributed by atoms with van der Waals surface area (Å²) in [5.41, 5.74) is 7.76. The van der Waals surface area contributed by atoms with Crippen molar-refractivity contribution in [1.29, 1.82) is 0 Å². The van der Waals surface area contributed by atoms with Crippen molar-refractivity contribution in [2.24, 2.45) is 0 Å². The second-order valence-corrected chi connectivity index (χ2v) is 7.88. The molecule has 0 atom stereocenters. The van der Waals surface area contributed by atoms with Gasteiger partial charge >= 0.3 is 0 Å². The molecule has 0 aliphatic rings. The van der Waals surface area contributed by atoms with Crippen molar-refractivity contribution < 1.29 is 4.39 Å². The molecule has 0 amide bonds. The summed E-state index contributed by atoms with van der Waals surface area (Å²) in [4.78, 5) is 4.99. The number of anilines is 2. The molecule has 0 fully saturated rings. The first kappa shape index (κ1) is 19.9. The highest BCUT2D eigenvalue weighted by Crippen LogP contribution is 2.33. The molecule has 0 spiro atoms. The maximum atomic E-state index is 13.5. The summed E-state index contributed by atoms with van der Waals surface area (Å²) in [6.45, 7) is 4.04. The minimum Gasteiger partial charge on any atom is -0.340 e. The van der Waals surface area contributed by atoms with Crippen molar-refractivity contribution in [1.82, 2.24) is 14.6 Å². The summed E-state index contributed by atoms with van der Waals surface area (Å²) in [5, 5.41) is 8.35. The zero-order valence-electron chi connectivity index (χ0n) is 18.0. The van der Waals surface area contributed by atoms with Gasteiger partial charge < -0.3 is 5.32 Å². The van der Waals surface area contributed by atoms with Gasteiger partial charge in [-0.3, -0.25) is 0 Å². The third-order valence-electron chi connectivity index (χ3n) is 5.64. The number of benzene rings is 3. The molecule has 0 unspecified atom stereocenters. The Morgan fingerprint density at radius 1 is 0.812 bits per heavy atom. The standard InChI is InChI=1S/C27H23FN4/c1-18-24(17-20-9-5-3-6-10-20)26(30-23-15-13-22(28)14-16-23)32-27(29-18)25(19(2)31-32)21-11-7-4-8-12-21/h3-16,30H,17H2,1-2H3. The van der Waals surface area contributed by atoms with Crippen LogP contribution in [0.1, 0.15) is 22.5 Å². The largest absolute Gasteiger partial charge is 0.340 e. The SMILES string of the molecule is Cc1nc2c(-c3ccccc3)c(C)nn2c(Nc2ccc(F)cc2)c1Cc1ccccc1. The Balaban J connectivity index is 1.73. The summed E-state index contributed by atoms with van der Waals surface area (Å²) in [6.07, 6.45) is 0.707. The van der Waals surface area contributed by atoms with Crippen molar-refractivity contribution in [3.63, 3.8) is 0 Å². The van der Waals surface area contributed by atoms with Gasteiger partial charge in [-0.15, -0.1) is 0 Å². The van der Waals surface area contributed by atoms with Gasteiger partial charge in [-0.1, -0.05) is 60.7 Å². The highest BCUT2D eigenvalue weighted by atomic mass is 19.1. The third-order valence-corrected chi connectivity index (χ3v) is 5.64. The number of nitrogens with one attached hydrogen (secondary N) is 1. The van der Waals surface area contributed by atoms with Crippen LogP contribution in [0.25, 0.3) is 16.8 Å². The molecule has 0 saturated heterocycles. The van der Waals surface area contributed by atoms with Crippen molar-refractivity contribution >= 4 is 17.2 Å². The average Bonchev–Trinajstić information content (AvgIpc) is 3.14. The molecule has 5 heteroatoms. The molecule has 2 aromatic heterocycles. The fourth-order valence-electron chi connectivity index (χ4n) is 4.05. The molecule has 4 nitrogen and oxygen atoms in total. The van der Waals surface area contributed by atoms with Crippen LogP contribution in [0.4, 0.5) is 15.9 Å². The van der Waals surface area contributed by atoms with Crippen LogP contribution in [0.15, 0.2) is 84.9 Å². The van der Waals surface area contributed by atoms with E-state index in [-0.39, 0.29) is 5.82 Å². The number of nitrogens with zero attached hydrogens (tertiary/aromatic N) is 3. The minimum atomic E-state index is -0.266. The Hall–Kier alpha value is -3.99. The fraction of sp³-hybridized carbons (Fsp3) is 0.111. The molecule has 32 heavy (non-hydrogen) atoms. The van der Waals surface area contributed by atoms with E-state index in [0.717, 1.165) is 45.2 Å². The van der Waals surface area contributed by atoms with Crippen molar-refractivity contribution in [2.45, 2.75) is 20.3 Å². The molecule has 0 radical (unpaired) electrons. The number of aryl methyl sites for hydroxylation is 2. The van der Waals surface area contributed by atoms with Crippen molar-refractivity contribution in [3.8, 4) is 11.1 Å². The van der Waals surface area contributed by atoms with E-state index in [1.165, 1.54) is 17.7 Å². The fourth-order valence-corrected chi connectivity index (χ4v) is 4.05. The molecular weight excluding hydrogens is 399 g/mol. The lowest BCUT2D eigenvalue weighted by molar-refractivity contribution is 0.628. The molecule has 0 bridgehead atoms. The number of hydrogen-bond acceptors (Lipinski definition) is 3. The quantitative estimate of drug-likeness (QED) is 0.352. The zero-order chi connectivity index (χ0) is 22.1. The zero-order valence-corrected chi connectivity index (χ0v) is 18.0. The van der Waals surface area contributed by atoms with Crippen LogP contribution in [0.5, 0.6) is 0 Å². The van der Waals surface area contributed by atoms with Crippen LogP contribution in [-0.2, 0) is 6.42 Å². The monoisotopic (exact) mass is 422 g/mol. The summed E-state index contributed by atoms with van der Waals surface area (Å²) in [7, 11) is 0. The van der Waals surface area contributed by atoms with E-state index in [9.17, 15) is 4.39 Å². The molecule has 1 N–H and O–H groups in total. The Labute approximate surface area is 186 Å². The smallest absolute Gasteiger partial charge is 0.165 e. The van der Waals surface area contributed by atoms with E-state index >= 15 is 0 Å². The lowest BCUT2D eigenvalue weighted by Gasteiger charge is -2.16. The summed E-state index contributed by atoms with van der Waals surface area (Å²) in [6, 6.07) is 26.9. The Morgan fingerprint density at radius 2 is 1.47 bits per heavy atom. The molecule has 5 aromatic rings. The number of hydrogen-bond donors (Lipinski definition) is 1. The molecule has 0 aliphatic carbocycles. The summed E-state index contributed by atoms with van der Waals surface area (Å²) in [5.74, 6) is 0.575. The van der Waals surface area contributed by atoms with E-state index < -0.39 is 0 Å². The predicted octanol–water partition coefficient (Wildman–Crippen LogP) is 6.49. The lowest BCUT2D eigenvalue weighted by Crippen LogP contribution is -2.09. The minimum absolute atomic E-state index is 0.266. The normalized spacial score (nSPS) is 11.1. The second-order valence-electron chi connectivity index (χ2n) is 7.88. The van der Waals surface area contributed by atoms with Gasteiger partial charge in [0.25, 0.3) is 0 Å². The Kier molecular flexibility index (Phi) is 5.15. The molecule has 0 saturated carbocycles. The molecule has 158 valence electrons. The molecule has 2 heterocycles. The average molecular weight is 423 g/mol. The van der Waals surface area contributed by atoms with Crippen LogP contribution in [-0.4, -0.2) is 14.6 Å². The first-order chi connectivity index (χ1) is 15.6. The maximum absolute atomic E-state index is 13.5. The van der Waals surface area contributed by atoms with E-state index in [0.29, 0.717) is 6.42 Å². The van der Waals surface area contributed by atoms with E-state index in [4.69, 9.17) is 10.1 Å². The maximum Gasteiger partial charge on any atom is 0.165 e. The predicted molar refractivity (Wildman–Crippen MR) is 127 cm³/mol. The van der Waals surface area contributed by atoms with Gasteiger partial charge in [-0.25, -0.2) is 9.37 Å². The first-order valence-electron chi connectivity index (χ1n) is 10.6. The van der Waals surface area contributed by atoms with Crippen molar-refractivity contribution in [2.75, 3.05) is 5.32 Å². The third kappa shape index (κ3) is 3.73. The topological polar surface area (TPSA) is 42.2 Å². The Morgan fingerprint density at radius 3 is 2.16 bits per heavy atom. The summed E-state index contributed by atoms with van der Waals surface area (Å²) >= 11 is 0. The molecule has 0 aliphatic heterocycles. The molecule has 3 aromatic carbocycles. The van der Waals surface area contributed by atoms with E-state index in [1.54, 1.807) is 12.1 Å². The van der Waals surface area contributed by atoms with Crippen LogP contribution in [0, 0.1) is 19.7 Å². The van der Waals surface area contributed by atoms with Crippen LogP contribution >= 0.6 is 0 Å². The summed E-state index contributed by atoms with van der Waals surface area (Å²) < 4.78 is 15.4. The van der Waals surface area contributed by atoms with Crippen molar-refractivity contribution in [3.05, 3.63) is 113 Å². The second kappa shape index (κ2) is 8.27. The van der Waals surface area contributed by atoms with Crippen LogP contribution < -0.4 is 5.32 Å². The number of rotatable bonds is 5. The van der Waals surface area contributed by atoms with Gasteiger partial charge in [0.1, 0.15) is 11.6 Å². The van der Waals surface area contributed by atoms with Gasteiger partial charge in [0, 0.05) is 28.9 Å². The highest BCUT2D eigenvalue weighted by molar-refractivity contribution is 5.82. The van der Waals surface area contributed by atoms with Crippen LogP contribution in [0.3, 0.4) is 0 Å². The Bertz CT molecular complexity index is 1370. The van der Waals surface area contributed by atoms with Gasteiger partial charge in [0.15, 0.2) is 5.65 Å². The molecular formula is C27H23FN4. The van der Waals surface area contributed by atoms with Gasteiger partial charge in [-0.2, -0.15) is 9.61 Å². The van der Waals surface area contributed by atoms with E-state index in [2.05, 4.69) is 29.6 Å². The highest BCUT2D eigenvalue weighted by Gasteiger charge is 2.20. The first-order valence-corrected chi connectivity index (χ1v) is 10.6. The molecule has 5 rings (SSSR count). The number of fused-ring (bicyclic) bond motifs is 1. The van der Waals surface area contributed by atoms with Crippen LogP contribution in [0.2, 0.25) is 0 Å². The number of aromatic nitrogens is 3. The van der Waals surface area contributed by atoms with Gasteiger partial charge in [-0.05, 0) is 49.2 Å². The van der Waals surface area contributed by atoms with E-state index in [1.807, 2.05) is 54.8 Å². The number of halogens is 1.